The third-order valence-corrected chi connectivity index (χ3v) is 3.35. The minimum Gasteiger partial charge on any atom is -0.425 e. The Bertz CT molecular complexity index is 1040. The van der Waals surface area contributed by atoms with Gasteiger partial charge >= 0.3 is 5.97 Å². The van der Waals surface area contributed by atoms with Gasteiger partial charge in [0.2, 0.25) is 0 Å². The van der Waals surface area contributed by atoms with Gasteiger partial charge in [0.25, 0.3) is 5.95 Å². The first-order chi connectivity index (χ1) is 11.2. The molecule has 0 saturated carbocycles. The summed E-state index contributed by atoms with van der Waals surface area (Å²) in [5.41, 5.74) is 2.04. The van der Waals surface area contributed by atoms with Gasteiger partial charge in [0, 0.05) is 23.8 Å². The molecule has 2 aromatic carbocycles. The number of hydrogen-bond donors (Lipinski definition) is 0. The van der Waals surface area contributed by atoms with Gasteiger partial charge in [-0.25, -0.2) is 9.18 Å². The Kier molecular flexibility index (Phi) is 3.01. The molecule has 4 rings (SSSR count). The molecule has 0 unspecified atom stereocenters. The maximum Gasteiger partial charge on any atom is 0.345 e. The maximum absolute atomic E-state index is 13.2. The van der Waals surface area contributed by atoms with Crippen molar-refractivity contribution in [1.82, 2.24) is 9.97 Å². The molecule has 0 atom stereocenters. The molecule has 0 N–H and O–H groups in total. The lowest BCUT2D eigenvalue weighted by atomic mass is 10.2. The zero-order valence-corrected chi connectivity index (χ0v) is 11.7. The van der Waals surface area contributed by atoms with Crippen LogP contribution < -0.4 is 4.74 Å². The minimum absolute atomic E-state index is 0.00911. The van der Waals surface area contributed by atoms with E-state index in [0.717, 1.165) is 0 Å². The highest BCUT2D eigenvalue weighted by Crippen LogP contribution is 2.26. The maximum atomic E-state index is 13.2. The van der Waals surface area contributed by atoms with Gasteiger partial charge in [0.05, 0.1) is 16.6 Å². The van der Waals surface area contributed by atoms with Crippen molar-refractivity contribution in [2.24, 2.45) is 0 Å². The summed E-state index contributed by atoms with van der Waals surface area (Å²) in [7, 11) is 0. The van der Waals surface area contributed by atoms with E-state index < -0.39 is 5.97 Å². The molecule has 0 bridgehead atoms. The first-order valence-electron chi connectivity index (χ1n) is 6.81. The molecular weight excluding hydrogens is 299 g/mol. The molecule has 0 saturated heterocycles. The van der Waals surface area contributed by atoms with Crippen LogP contribution in [0.4, 0.5) is 4.39 Å². The monoisotopic (exact) mass is 308 g/mol. The third-order valence-electron chi connectivity index (χ3n) is 3.35. The smallest absolute Gasteiger partial charge is 0.345 e. The average Bonchev–Trinajstić information content (AvgIpc) is 2.95. The second-order valence-corrected chi connectivity index (χ2v) is 4.90. The molecule has 0 aliphatic rings. The highest BCUT2D eigenvalue weighted by molar-refractivity contribution is 5.94. The quantitative estimate of drug-likeness (QED) is 0.528. The summed E-state index contributed by atoms with van der Waals surface area (Å²) in [5.74, 6) is -0.962. The Hall–Kier alpha value is -3.28. The fourth-order valence-corrected chi connectivity index (χ4v) is 2.28. The normalized spacial score (nSPS) is 11.0. The number of halogens is 1. The van der Waals surface area contributed by atoms with E-state index in [4.69, 9.17) is 9.15 Å². The van der Waals surface area contributed by atoms with Crippen molar-refractivity contribution >= 4 is 28.0 Å². The molecule has 23 heavy (non-hydrogen) atoms. The van der Waals surface area contributed by atoms with Crippen molar-refractivity contribution < 1.29 is 18.3 Å². The number of furan rings is 1. The van der Waals surface area contributed by atoms with Crippen LogP contribution in [0.3, 0.4) is 0 Å². The summed E-state index contributed by atoms with van der Waals surface area (Å²) in [6.45, 7) is 0. The molecule has 0 fully saturated rings. The molecule has 0 radical (unpaired) electrons. The van der Waals surface area contributed by atoms with Gasteiger partial charge in [-0.05, 0) is 36.4 Å². The average molecular weight is 308 g/mol. The molecule has 0 aliphatic heterocycles. The summed E-state index contributed by atoms with van der Waals surface area (Å²) in [6.07, 6.45) is 3.12. The Balaban J connectivity index is 1.64. The van der Waals surface area contributed by atoms with Crippen molar-refractivity contribution in [2.75, 3.05) is 0 Å². The molecule has 112 valence electrons. The van der Waals surface area contributed by atoms with E-state index in [1.807, 2.05) is 0 Å². The standard InChI is InChI=1S/C17H9FN2O3/c18-12-2-4-15-11(7-12)9-16(22-15)23-17(21)10-1-3-13-14(8-10)20-6-5-19-13/h1-9H. The topological polar surface area (TPSA) is 65.2 Å². The van der Waals surface area contributed by atoms with Crippen molar-refractivity contribution in [2.45, 2.75) is 0 Å². The van der Waals surface area contributed by atoms with E-state index in [0.29, 0.717) is 27.6 Å². The van der Waals surface area contributed by atoms with Crippen LogP contribution in [0.1, 0.15) is 10.4 Å². The lowest BCUT2D eigenvalue weighted by Gasteiger charge is -2.01. The van der Waals surface area contributed by atoms with Gasteiger partial charge in [-0.1, -0.05) is 0 Å². The fraction of sp³-hybridized carbons (Fsp3) is 0. The lowest BCUT2D eigenvalue weighted by Crippen LogP contribution is -2.07. The molecule has 2 aromatic heterocycles. The van der Waals surface area contributed by atoms with E-state index in [9.17, 15) is 9.18 Å². The van der Waals surface area contributed by atoms with Gasteiger partial charge in [0.15, 0.2) is 0 Å². The predicted octanol–water partition coefficient (Wildman–Crippen LogP) is 3.73. The number of fused-ring (bicyclic) bond motifs is 2. The van der Waals surface area contributed by atoms with E-state index in [1.165, 1.54) is 24.3 Å². The number of carbonyl (C=O) groups is 1. The second kappa shape index (κ2) is 5.17. The number of rotatable bonds is 2. The minimum atomic E-state index is -0.586. The van der Waals surface area contributed by atoms with E-state index in [-0.39, 0.29) is 11.8 Å². The van der Waals surface area contributed by atoms with E-state index in [1.54, 1.807) is 30.6 Å². The van der Waals surface area contributed by atoms with E-state index >= 15 is 0 Å². The van der Waals surface area contributed by atoms with Crippen LogP contribution in [-0.4, -0.2) is 15.9 Å². The van der Waals surface area contributed by atoms with Gasteiger partial charge in [-0.15, -0.1) is 0 Å². The Morgan fingerprint density at radius 1 is 1.00 bits per heavy atom. The van der Waals surface area contributed by atoms with Crippen LogP contribution in [0, 0.1) is 5.82 Å². The number of esters is 1. The van der Waals surface area contributed by atoms with Gasteiger partial charge in [-0.2, -0.15) is 0 Å². The number of hydrogen-bond acceptors (Lipinski definition) is 5. The van der Waals surface area contributed by atoms with Gasteiger partial charge in [-0.3, -0.25) is 9.97 Å². The SMILES string of the molecule is O=C(Oc1cc2cc(F)ccc2o1)c1ccc2nccnc2c1. The summed E-state index contributed by atoms with van der Waals surface area (Å²) in [6, 6.07) is 10.4. The van der Waals surface area contributed by atoms with Crippen LogP contribution in [0.15, 0.2) is 59.3 Å². The van der Waals surface area contributed by atoms with E-state index in [2.05, 4.69) is 9.97 Å². The van der Waals surface area contributed by atoms with Gasteiger partial charge < -0.3 is 9.15 Å². The zero-order chi connectivity index (χ0) is 15.8. The first-order valence-corrected chi connectivity index (χ1v) is 6.81. The fourth-order valence-electron chi connectivity index (χ4n) is 2.28. The number of nitrogens with zero attached hydrogens (tertiary/aromatic N) is 2. The Morgan fingerprint density at radius 3 is 2.70 bits per heavy atom. The molecule has 2 heterocycles. The molecule has 5 nitrogen and oxygen atoms in total. The summed E-state index contributed by atoms with van der Waals surface area (Å²) in [4.78, 5) is 20.5. The van der Waals surface area contributed by atoms with Crippen molar-refractivity contribution in [3.05, 3.63) is 66.2 Å². The third kappa shape index (κ3) is 2.50. The van der Waals surface area contributed by atoms with Crippen LogP contribution >= 0.6 is 0 Å². The Labute approximate surface area is 129 Å². The highest BCUT2D eigenvalue weighted by Gasteiger charge is 2.13. The van der Waals surface area contributed by atoms with Crippen LogP contribution in [0.5, 0.6) is 5.95 Å². The van der Waals surface area contributed by atoms with Crippen molar-refractivity contribution in [1.29, 1.82) is 0 Å². The number of aromatic nitrogens is 2. The predicted molar refractivity (Wildman–Crippen MR) is 80.7 cm³/mol. The molecule has 4 aromatic rings. The van der Waals surface area contributed by atoms with Crippen molar-refractivity contribution in [3.63, 3.8) is 0 Å². The number of carbonyl (C=O) groups excluding carboxylic acids is 1. The van der Waals surface area contributed by atoms with Gasteiger partial charge in [0.1, 0.15) is 11.4 Å². The van der Waals surface area contributed by atoms with Crippen molar-refractivity contribution in [3.8, 4) is 5.95 Å². The van der Waals surface area contributed by atoms with Crippen LogP contribution in [0.25, 0.3) is 22.0 Å². The first kappa shape index (κ1) is 13.4. The summed E-state index contributed by atoms with van der Waals surface area (Å²) >= 11 is 0. The van der Waals surface area contributed by atoms with Crippen LogP contribution in [-0.2, 0) is 0 Å². The molecule has 0 spiro atoms. The summed E-state index contributed by atoms with van der Waals surface area (Å²) < 4.78 is 23.7. The lowest BCUT2D eigenvalue weighted by molar-refractivity contribution is 0.0697. The molecule has 0 aliphatic carbocycles. The number of benzene rings is 2. The highest BCUT2D eigenvalue weighted by atomic mass is 19.1. The molecule has 0 amide bonds. The molecular formula is C17H9FN2O3. The Morgan fingerprint density at radius 2 is 1.83 bits per heavy atom. The summed E-state index contributed by atoms with van der Waals surface area (Å²) in [5, 5.41) is 0.525. The largest absolute Gasteiger partial charge is 0.425 e. The molecule has 6 heteroatoms. The second-order valence-electron chi connectivity index (χ2n) is 4.90. The van der Waals surface area contributed by atoms with Crippen LogP contribution in [0.2, 0.25) is 0 Å². The number of ether oxygens (including phenoxy) is 1. The zero-order valence-electron chi connectivity index (χ0n) is 11.7.